The molecular formula is C18H21NO3. The Kier molecular flexibility index (Phi) is 5.98. The van der Waals surface area contributed by atoms with E-state index in [0.717, 1.165) is 24.4 Å². The third-order valence-corrected chi connectivity index (χ3v) is 3.31. The van der Waals surface area contributed by atoms with Crippen LogP contribution in [-0.2, 0) is 11.3 Å². The van der Waals surface area contributed by atoms with Crippen molar-refractivity contribution in [3.8, 4) is 5.75 Å². The fourth-order valence-electron chi connectivity index (χ4n) is 2.09. The van der Waals surface area contributed by atoms with Gasteiger partial charge in [0.2, 0.25) is 0 Å². The first-order valence-corrected chi connectivity index (χ1v) is 7.22. The number of hydrogen-bond donors (Lipinski definition) is 0. The molecule has 2 aromatic carbocycles. The van der Waals surface area contributed by atoms with E-state index < -0.39 is 0 Å². The van der Waals surface area contributed by atoms with E-state index in [1.165, 1.54) is 7.11 Å². The Hall–Kier alpha value is -2.33. The van der Waals surface area contributed by atoms with Gasteiger partial charge >= 0.3 is 5.97 Å². The maximum atomic E-state index is 11.4. The minimum absolute atomic E-state index is 0.309. The van der Waals surface area contributed by atoms with Crippen LogP contribution in [0.5, 0.6) is 5.75 Å². The summed E-state index contributed by atoms with van der Waals surface area (Å²) in [4.78, 5) is 13.6. The smallest absolute Gasteiger partial charge is 0.337 e. The number of ether oxygens (including phenoxy) is 2. The van der Waals surface area contributed by atoms with E-state index in [1.54, 1.807) is 12.1 Å². The van der Waals surface area contributed by atoms with Gasteiger partial charge in [-0.3, -0.25) is 4.90 Å². The van der Waals surface area contributed by atoms with E-state index >= 15 is 0 Å². The number of hydrogen-bond acceptors (Lipinski definition) is 4. The molecule has 2 aromatic rings. The number of para-hydroxylation sites is 1. The predicted molar refractivity (Wildman–Crippen MR) is 86.1 cm³/mol. The molecule has 22 heavy (non-hydrogen) atoms. The van der Waals surface area contributed by atoms with E-state index in [0.29, 0.717) is 12.2 Å². The first-order valence-electron chi connectivity index (χ1n) is 7.22. The second kappa shape index (κ2) is 8.20. The average molecular weight is 299 g/mol. The largest absolute Gasteiger partial charge is 0.492 e. The Morgan fingerprint density at radius 3 is 2.36 bits per heavy atom. The Labute approximate surface area is 131 Å². The molecule has 0 amide bonds. The standard InChI is InChI=1S/C18H21NO3/c1-19(12-13-22-17-6-4-3-5-7-17)14-15-8-10-16(11-9-15)18(20)21-2/h3-11H,12-14H2,1-2H3. The number of nitrogens with zero attached hydrogens (tertiary/aromatic N) is 1. The second-order valence-corrected chi connectivity index (χ2v) is 5.09. The Bertz CT molecular complexity index is 581. The monoisotopic (exact) mass is 299 g/mol. The van der Waals surface area contributed by atoms with Gasteiger partial charge < -0.3 is 9.47 Å². The Morgan fingerprint density at radius 2 is 1.73 bits per heavy atom. The van der Waals surface area contributed by atoms with E-state index in [-0.39, 0.29) is 5.97 Å². The zero-order valence-electron chi connectivity index (χ0n) is 13.0. The SMILES string of the molecule is COC(=O)c1ccc(CN(C)CCOc2ccccc2)cc1. The van der Waals surface area contributed by atoms with Gasteiger partial charge in [0.05, 0.1) is 12.7 Å². The van der Waals surface area contributed by atoms with Gasteiger partial charge in [-0.15, -0.1) is 0 Å². The van der Waals surface area contributed by atoms with Crippen LogP contribution in [0.15, 0.2) is 54.6 Å². The number of carbonyl (C=O) groups excluding carboxylic acids is 1. The van der Waals surface area contributed by atoms with Crippen molar-refractivity contribution in [2.75, 3.05) is 27.3 Å². The molecule has 4 nitrogen and oxygen atoms in total. The van der Waals surface area contributed by atoms with Crippen LogP contribution in [0.25, 0.3) is 0 Å². The van der Waals surface area contributed by atoms with Crippen molar-refractivity contribution >= 4 is 5.97 Å². The van der Waals surface area contributed by atoms with Gasteiger partial charge in [-0.05, 0) is 36.9 Å². The molecule has 116 valence electrons. The lowest BCUT2D eigenvalue weighted by molar-refractivity contribution is 0.0600. The molecule has 0 fully saturated rings. The van der Waals surface area contributed by atoms with Gasteiger partial charge in [0.15, 0.2) is 0 Å². The van der Waals surface area contributed by atoms with Gasteiger partial charge in [0.25, 0.3) is 0 Å². The lowest BCUT2D eigenvalue weighted by Crippen LogP contribution is -2.23. The number of carbonyl (C=O) groups is 1. The summed E-state index contributed by atoms with van der Waals surface area (Å²) >= 11 is 0. The van der Waals surface area contributed by atoms with E-state index in [1.807, 2.05) is 49.5 Å². The maximum Gasteiger partial charge on any atom is 0.337 e. The van der Waals surface area contributed by atoms with Crippen molar-refractivity contribution in [2.45, 2.75) is 6.54 Å². The number of rotatable bonds is 7. The summed E-state index contributed by atoms with van der Waals surface area (Å²) in [6.07, 6.45) is 0. The predicted octanol–water partition coefficient (Wildman–Crippen LogP) is 2.98. The number of likely N-dealkylation sites (N-methyl/N-ethyl adjacent to an activating group) is 1. The highest BCUT2D eigenvalue weighted by Gasteiger charge is 2.06. The zero-order valence-corrected chi connectivity index (χ0v) is 13.0. The summed E-state index contributed by atoms with van der Waals surface area (Å²) < 4.78 is 10.4. The molecule has 0 N–H and O–H groups in total. The summed E-state index contributed by atoms with van der Waals surface area (Å²) in [6.45, 7) is 2.27. The summed E-state index contributed by atoms with van der Waals surface area (Å²) in [7, 11) is 3.43. The van der Waals surface area contributed by atoms with Gasteiger partial charge in [0, 0.05) is 13.1 Å². The summed E-state index contributed by atoms with van der Waals surface area (Å²) in [5.41, 5.74) is 1.72. The topological polar surface area (TPSA) is 38.8 Å². The average Bonchev–Trinajstić information content (AvgIpc) is 2.56. The van der Waals surface area contributed by atoms with Crippen molar-refractivity contribution < 1.29 is 14.3 Å². The number of esters is 1. The van der Waals surface area contributed by atoms with E-state index in [2.05, 4.69) is 9.64 Å². The van der Waals surface area contributed by atoms with Gasteiger partial charge in [-0.25, -0.2) is 4.79 Å². The third kappa shape index (κ3) is 4.90. The summed E-state index contributed by atoms with van der Waals surface area (Å²) in [5.74, 6) is 0.578. The molecule has 0 aromatic heterocycles. The normalized spacial score (nSPS) is 10.5. The number of methoxy groups -OCH3 is 1. The lowest BCUT2D eigenvalue weighted by Gasteiger charge is -2.17. The molecule has 0 radical (unpaired) electrons. The van der Waals surface area contributed by atoms with Gasteiger partial charge in [-0.2, -0.15) is 0 Å². The van der Waals surface area contributed by atoms with Crippen molar-refractivity contribution in [1.29, 1.82) is 0 Å². The maximum absolute atomic E-state index is 11.4. The van der Waals surface area contributed by atoms with Crippen molar-refractivity contribution in [3.05, 3.63) is 65.7 Å². The highest BCUT2D eigenvalue weighted by molar-refractivity contribution is 5.89. The van der Waals surface area contributed by atoms with Crippen LogP contribution < -0.4 is 4.74 Å². The van der Waals surface area contributed by atoms with Crippen molar-refractivity contribution in [1.82, 2.24) is 4.90 Å². The van der Waals surface area contributed by atoms with Crippen LogP contribution >= 0.6 is 0 Å². The van der Waals surface area contributed by atoms with Crippen LogP contribution in [0.4, 0.5) is 0 Å². The molecule has 0 bridgehead atoms. The quantitative estimate of drug-likeness (QED) is 0.737. The molecule has 0 aliphatic heterocycles. The van der Waals surface area contributed by atoms with E-state index in [4.69, 9.17) is 4.74 Å². The molecule has 0 heterocycles. The highest BCUT2D eigenvalue weighted by atomic mass is 16.5. The first kappa shape index (κ1) is 16.0. The molecule has 0 saturated carbocycles. The van der Waals surface area contributed by atoms with Crippen molar-refractivity contribution in [3.63, 3.8) is 0 Å². The fraction of sp³-hybridized carbons (Fsp3) is 0.278. The molecule has 2 rings (SSSR count). The second-order valence-electron chi connectivity index (χ2n) is 5.09. The van der Waals surface area contributed by atoms with Gasteiger partial charge in [0.1, 0.15) is 12.4 Å². The van der Waals surface area contributed by atoms with Gasteiger partial charge in [-0.1, -0.05) is 30.3 Å². The number of benzene rings is 2. The summed E-state index contributed by atoms with van der Waals surface area (Å²) in [5, 5.41) is 0. The molecule has 0 atom stereocenters. The fourth-order valence-corrected chi connectivity index (χ4v) is 2.09. The molecule has 0 unspecified atom stereocenters. The molecule has 0 saturated heterocycles. The Balaban J connectivity index is 1.77. The molecule has 0 aliphatic rings. The molecule has 0 aliphatic carbocycles. The first-order chi connectivity index (χ1) is 10.7. The third-order valence-electron chi connectivity index (χ3n) is 3.31. The van der Waals surface area contributed by atoms with Crippen LogP contribution in [0, 0.1) is 0 Å². The van der Waals surface area contributed by atoms with Crippen LogP contribution in [-0.4, -0.2) is 38.2 Å². The van der Waals surface area contributed by atoms with E-state index in [9.17, 15) is 4.79 Å². The highest BCUT2D eigenvalue weighted by Crippen LogP contribution is 2.10. The van der Waals surface area contributed by atoms with Crippen LogP contribution in [0.3, 0.4) is 0 Å². The summed E-state index contributed by atoms with van der Waals surface area (Å²) in [6, 6.07) is 17.3. The minimum Gasteiger partial charge on any atom is -0.492 e. The van der Waals surface area contributed by atoms with Crippen LogP contribution in [0.1, 0.15) is 15.9 Å². The molecule has 4 heteroatoms. The zero-order chi connectivity index (χ0) is 15.8. The van der Waals surface area contributed by atoms with Crippen LogP contribution in [0.2, 0.25) is 0 Å². The minimum atomic E-state index is -0.309. The molecular weight excluding hydrogens is 278 g/mol. The Morgan fingerprint density at radius 1 is 1.05 bits per heavy atom. The molecule has 0 spiro atoms. The lowest BCUT2D eigenvalue weighted by atomic mass is 10.1. The van der Waals surface area contributed by atoms with Crippen molar-refractivity contribution in [2.24, 2.45) is 0 Å².